The van der Waals surface area contributed by atoms with E-state index in [1.165, 1.54) is 0 Å². The summed E-state index contributed by atoms with van der Waals surface area (Å²) in [4.78, 5) is 44.4. The van der Waals surface area contributed by atoms with E-state index in [1.54, 1.807) is 6.92 Å². The second kappa shape index (κ2) is 10.4. The van der Waals surface area contributed by atoms with Gasteiger partial charge in [-0.05, 0) is 68.7 Å². The van der Waals surface area contributed by atoms with Crippen LogP contribution in [0.15, 0.2) is 65.4 Å². The van der Waals surface area contributed by atoms with Crippen molar-refractivity contribution in [2.45, 2.75) is 71.6 Å². The van der Waals surface area contributed by atoms with E-state index >= 15 is 0 Å². The number of nitrogens with one attached hydrogen (secondary N) is 2. The van der Waals surface area contributed by atoms with Gasteiger partial charge in [0.05, 0.1) is 6.10 Å². The van der Waals surface area contributed by atoms with Crippen molar-refractivity contribution < 1.29 is 24.6 Å². The molecular weight excluding hydrogens is 492 g/mol. The van der Waals surface area contributed by atoms with E-state index < -0.39 is 35.2 Å². The third-order valence-electron chi connectivity index (χ3n) is 9.28. The highest BCUT2D eigenvalue weighted by Gasteiger charge is 2.66. The Morgan fingerprint density at radius 1 is 1.05 bits per heavy atom. The van der Waals surface area contributed by atoms with E-state index in [0.29, 0.717) is 18.4 Å². The lowest BCUT2D eigenvalue weighted by Gasteiger charge is -2.46. The number of Topliss-reactive ketones (excluding diaryl/α,β-unsaturated/α-hetero) is 2. The van der Waals surface area contributed by atoms with E-state index in [9.17, 15) is 24.6 Å². The molecule has 3 aliphatic rings. The third-order valence-corrected chi connectivity index (χ3v) is 9.28. The number of aromatic amines is 1. The fourth-order valence-corrected chi connectivity index (χ4v) is 7.16. The summed E-state index contributed by atoms with van der Waals surface area (Å²) in [7, 11) is 0. The second-order valence-electron chi connectivity index (χ2n) is 11.7. The van der Waals surface area contributed by atoms with Crippen molar-refractivity contribution in [1.82, 2.24) is 10.3 Å². The standard InChI is InChI=1S/C32H38N2O5/c1-17-8-7-10-23-30(38)20(4)19(3)28-25(15-21-16-33-24-11-6-5-9-22(21)24)34-31(39)32(23,28)27(36)13-12-26(35)29(37)18(2)14-17/h5-7,9-11,14,16-17,23,25-26,28,30,33,35,38H,8,12-13,15H2,1-4H3,(H,34,39)/b10-7+,18-14-/t17-,23?,25-,26-,28-,30+,32+/m0/s1. The largest absolute Gasteiger partial charge is 0.388 e. The quantitative estimate of drug-likeness (QED) is 0.346. The first kappa shape index (κ1) is 27.3. The SMILES string of the molecule is CC1=C(C)[C@H]2[C@H](Cc3c[nH]c4ccccc34)NC(=O)[C@]23C(=O)CC[C@H](O)C(=O)/C(C)=C\[C@@H](C)C/C=C/C3[C@@H]1O. The van der Waals surface area contributed by atoms with Crippen molar-refractivity contribution in [1.29, 1.82) is 0 Å². The maximum absolute atomic E-state index is 14.2. The number of H-pyrrole nitrogens is 1. The van der Waals surface area contributed by atoms with E-state index in [2.05, 4.69) is 10.3 Å². The van der Waals surface area contributed by atoms with Crippen LogP contribution in [0.5, 0.6) is 0 Å². The zero-order valence-corrected chi connectivity index (χ0v) is 23.0. The molecule has 7 atom stereocenters. The Bertz CT molecular complexity index is 1410. The van der Waals surface area contributed by atoms with Gasteiger partial charge in [-0.2, -0.15) is 0 Å². The van der Waals surface area contributed by atoms with Gasteiger partial charge in [0.2, 0.25) is 5.91 Å². The minimum Gasteiger partial charge on any atom is -0.388 e. The molecule has 4 N–H and O–H groups in total. The summed E-state index contributed by atoms with van der Waals surface area (Å²) in [6.45, 7) is 7.45. The van der Waals surface area contributed by atoms with Crippen LogP contribution in [0.3, 0.4) is 0 Å². The molecule has 7 heteroatoms. The summed E-state index contributed by atoms with van der Waals surface area (Å²) < 4.78 is 0. The zero-order valence-electron chi connectivity index (χ0n) is 23.0. The smallest absolute Gasteiger partial charge is 0.235 e. The molecule has 1 saturated heterocycles. The predicted molar refractivity (Wildman–Crippen MR) is 150 cm³/mol. The molecule has 2 heterocycles. The molecule has 5 rings (SSSR count). The Morgan fingerprint density at radius 3 is 2.56 bits per heavy atom. The van der Waals surface area contributed by atoms with Crippen molar-refractivity contribution in [2.75, 3.05) is 0 Å². The van der Waals surface area contributed by atoms with Crippen LogP contribution in [0.4, 0.5) is 0 Å². The van der Waals surface area contributed by atoms with Gasteiger partial charge in [-0.1, -0.05) is 48.9 Å². The van der Waals surface area contributed by atoms with Crippen LogP contribution in [0, 0.1) is 23.2 Å². The van der Waals surface area contributed by atoms with Crippen molar-refractivity contribution in [2.24, 2.45) is 23.2 Å². The molecule has 2 aromatic rings. The summed E-state index contributed by atoms with van der Waals surface area (Å²) in [5, 5.41) is 26.4. The molecule has 1 amide bonds. The number of benzene rings is 1. The molecule has 1 aromatic carbocycles. The number of aliphatic hydroxyl groups excluding tert-OH is 2. The average Bonchev–Trinajstić information content (AvgIpc) is 3.45. The topological polar surface area (TPSA) is 119 Å². The van der Waals surface area contributed by atoms with E-state index in [1.807, 2.05) is 69.5 Å². The zero-order chi connectivity index (χ0) is 28.1. The van der Waals surface area contributed by atoms with Gasteiger partial charge in [0, 0.05) is 41.4 Å². The van der Waals surface area contributed by atoms with Gasteiger partial charge in [-0.25, -0.2) is 0 Å². The lowest BCUT2D eigenvalue weighted by molar-refractivity contribution is -0.148. The first-order valence-corrected chi connectivity index (χ1v) is 13.9. The molecule has 0 saturated carbocycles. The molecule has 0 bridgehead atoms. The summed E-state index contributed by atoms with van der Waals surface area (Å²) >= 11 is 0. The van der Waals surface area contributed by atoms with Gasteiger partial charge >= 0.3 is 0 Å². The second-order valence-corrected chi connectivity index (χ2v) is 11.7. The number of aliphatic hydroxyl groups is 2. The molecule has 0 radical (unpaired) electrons. The van der Waals surface area contributed by atoms with Gasteiger partial charge in [0.15, 0.2) is 5.78 Å². The maximum Gasteiger partial charge on any atom is 0.235 e. The Hall–Kier alpha value is -3.29. The summed E-state index contributed by atoms with van der Waals surface area (Å²) in [5.41, 5.74) is 2.61. The Morgan fingerprint density at radius 2 is 1.79 bits per heavy atom. The predicted octanol–water partition coefficient (Wildman–Crippen LogP) is 3.96. The molecule has 7 nitrogen and oxygen atoms in total. The lowest BCUT2D eigenvalue weighted by atomic mass is 9.54. The molecule has 2 aliphatic carbocycles. The van der Waals surface area contributed by atoms with Gasteiger partial charge in [0.25, 0.3) is 0 Å². The highest BCUT2D eigenvalue weighted by molar-refractivity contribution is 6.10. The molecule has 1 unspecified atom stereocenters. The molecule has 1 spiro atoms. The number of carbonyl (C=O) groups is 3. The minimum atomic E-state index is -1.53. The van der Waals surface area contributed by atoms with Crippen LogP contribution < -0.4 is 5.32 Å². The number of aromatic nitrogens is 1. The maximum atomic E-state index is 14.2. The summed E-state index contributed by atoms with van der Waals surface area (Å²) in [5.74, 6) is -2.34. The number of rotatable bonds is 2. The number of carbonyl (C=O) groups excluding carboxylic acids is 3. The van der Waals surface area contributed by atoms with Gasteiger partial charge in [0.1, 0.15) is 17.3 Å². The summed E-state index contributed by atoms with van der Waals surface area (Å²) in [6, 6.07) is 7.63. The number of para-hydroxylation sites is 1. The molecular formula is C32H38N2O5. The van der Waals surface area contributed by atoms with Crippen LogP contribution in [0.2, 0.25) is 0 Å². The van der Waals surface area contributed by atoms with Gasteiger partial charge in [-0.15, -0.1) is 0 Å². The van der Waals surface area contributed by atoms with Crippen LogP contribution in [0.25, 0.3) is 10.9 Å². The van der Waals surface area contributed by atoms with E-state index in [4.69, 9.17) is 0 Å². The van der Waals surface area contributed by atoms with Crippen molar-refractivity contribution in [3.8, 4) is 0 Å². The van der Waals surface area contributed by atoms with Crippen LogP contribution in [0.1, 0.15) is 52.5 Å². The Labute approximate surface area is 229 Å². The summed E-state index contributed by atoms with van der Waals surface area (Å²) in [6.07, 6.45) is 6.11. The van der Waals surface area contributed by atoms with Crippen LogP contribution in [-0.2, 0) is 20.8 Å². The average molecular weight is 531 g/mol. The number of amides is 1. The highest BCUT2D eigenvalue weighted by Crippen LogP contribution is 2.55. The number of ketones is 2. The molecule has 1 fully saturated rings. The Kier molecular flexibility index (Phi) is 7.25. The van der Waals surface area contributed by atoms with Crippen molar-refractivity contribution in [3.63, 3.8) is 0 Å². The fourth-order valence-electron chi connectivity index (χ4n) is 7.16. The third kappa shape index (κ3) is 4.42. The monoisotopic (exact) mass is 530 g/mol. The molecule has 1 aliphatic heterocycles. The number of fused-ring (bicyclic) bond motifs is 1. The molecule has 1 aromatic heterocycles. The first-order chi connectivity index (χ1) is 18.6. The number of hydrogen-bond donors (Lipinski definition) is 4. The van der Waals surface area contributed by atoms with Crippen LogP contribution >= 0.6 is 0 Å². The van der Waals surface area contributed by atoms with E-state index in [0.717, 1.165) is 27.6 Å². The normalized spacial score (nSPS) is 36.3. The fraction of sp³-hybridized carbons (Fsp3) is 0.469. The first-order valence-electron chi connectivity index (χ1n) is 13.9. The van der Waals surface area contributed by atoms with Gasteiger partial charge < -0.3 is 20.5 Å². The number of hydrogen-bond acceptors (Lipinski definition) is 5. The minimum absolute atomic E-state index is 0.00624. The number of allylic oxidation sites excluding steroid dienone is 2. The lowest BCUT2D eigenvalue weighted by Crippen LogP contribution is -2.55. The highest BCUT2D eigenvalue weighted by atomic mass is 16.3. The van der Waals surface area contributed by atoms with Gasteiger partial charge in [-0.3, -0.25) is 14.4 Å². The molecule has 206 valence electrons. The van der Waals surface area contributed by atoms with Crippen molar-refractivity contribution >= 4 is 28.4 Å². The Balaban J connectivity index is 1.61. The van der Waals surface area contributed by atoms with Crippen molar-refractivity contribution in [3.05, 3.63) is 71.0 Å². The molecule has 39 heavy (non-hydrogen) atoms. The van der Waals surface area contributed by atoms with E-state index in [-0.39, 0.29) is 36.5 Å². The van der Waals surface area contributed by atoms with Crippen LogP contribution in [-0.4, -0.2) is 50.9 Å².